The summed E-state index contributed by atoms with van der Waals surface area (Å²) in [7, 11) is 0. The van der Waals surface area contributed by atoms with Crippen molar-refractivity contribution in [3.05, 3.63) is 47.5 Å². The third-order valence-corrected chi connectivity index (χ3v) is 2.64. The molecule has 90 valence electrons. The second-order valence-corrected chi connectivity index (χ2v) is 3.88. The van der Waals surface area contributed by atoms with Gasteiger partial charge in [-0.05, 0) is 25.0 Å². The normalized spacial score (nSPS) is 13.2. The Hall–Kier alpha value is -1.74. The van der Waals surface area contributed by atoms with E-state index in [4.69, 9.17) is 0 Å². The largest absolute Gasteiger partial charge is 0.396 e. The molecule has 17 heavy (non-hydrogen) atoms. The monoisotopic (exact) mass is 232 g/mol. The van der Waals surface area contributed by atoms with Crippen molar-refractivity contribution in [2.45, 2.75) is 13.3 Å². The maximum atomic E-state index is 11.4. The molecule has 0 aliphatic carbocycles. The van der Waals surface area contributed by atoms with Crippen LogP contribution in [-0.2, 0) is 16.0 Å². The van der Waals surface area contributed by atoms with Crippen LogP contribution in [0.25, 0.3) is 0 Å². The van der Waals surface area contributed by atoms with Crippen LogP contribution in [0.15, 0.2) is 42.0 Å². The van der Waals surface area contributed by atoms with Gasteiger partial charge in [0.15, 0.2) is 5.78 Å². The van der Waals surface area contributed by atoms with E-state index in [-0.39, 0.29) is 18.3 Å². The third kappa shape index (κ3) is 3.96. The lowest BCUT2D eigenvalue weighted by atomic mass is 9.90. The molecule has 3 nitrogen and oxygen atoms in total. The Morgan fingerprint density at radius 2 is 2.00 bits per heavy atom. The van der Waals surface area contributed by atoms with Gasteiger partial charge in [-0.3, -0.25) is 9.59 Å². The first kappa shape index (κ1) is 13.3. The predicted molar refractivity (Wildman–Crippen MR) is 65.5 cm³/mol. The van der Waals surface area contributed by atoms with Crippen molar-refractivity contribution in [2.75, 3.05) is 6.61 Å². The average Bonchev–Trinajstić information content (AvgIpc) is 2.34. The number of aldehydes is 1. The minimum atomic E-state index is -0.319. The van der Waals surface area contributed by atoms with Crippen LogP contribution in [-0.4, -0.2) is 23.8 Å². The summed E-state index contributed by atoms with van der Waals surface area (Å²) in [6.07, 6.45) is 2.38. The summed E-state index contributed by atoms with van der Waals surface area (Å²) in [5.74, 6) is -0.493. The number of carbonyl (C=O) groups excluding carboxylic acids is 2. The molecule has 0 bridgehead atoms. The summed E-state index contributed by atoms with van der Waals surface area (Å²) in [5.41, 5.74) is 1.41. The van der Waals surface area contributed by atoms with E-state index >= 15 is 0 Å². The summed E-state index contributed by atoms with van der Waals surface area (Å²) < 4.78 is 0. The van der Waals surface area contributed by atoms with Gasteiger partial charge in [-0.2, -0.15) is 0 Å². The van der Waals surface area contributed by atoms with E-state index in [1.807, 2.05) is 30.3 Å². The Morgan fingerprint density at radius 3 is 2.47 bits per heavy atom. The smallest absolute Gasteiger partial charge is 0.156 e. The lowest BCUT2D eigenvalue weighted by Gasteiger charge is -2.15. The number of allylic oxidation sites excluding steroid dienone is 1. The SMILES string of the molecule is CC(=O)/C(=C/C=O)C(CO)Cc1ccccc1. The van der Waals surface area contributed by atoms with Crippen LogP contribution in [0.2, 0.25) is 0 Å². The second-order valence-electron chi connectivity index (χ2n) is 3.88. The predicted octanol–water partition coefficient (Wildman–Crippen LogP) is 1.55. The molecule has 1 N–H and O–H groups in total. The molecule has 0 aliphatic rings. The van der Waals surface area contributed by atoms with E-state index in [2.05, 4.69) is 0 Å². The van der Waals surface area contributed by atoms with Crippen LogP contribution in [0, 0.1) is 5.92 Å². The Kier molecular flexibility index (Phi) is 5.30. The van der Waals surface area contributed by atoms with Crippen LogP contribution >= 0.6 is 0 Å². The first-order valence-corrected chi connectivity index (χ1v) is 5.50. The number of carbonyl (C=O) groups is 2. The van der Waals surface area contributed by atoms with Gasteiger partial charge in [0.25, 0.3) is 0 Å². The van der Waals surface area contributed by atoms with Gasteiger partial charge in [0.1, 0.15) is 6.29 Å². The highest BCUT2D eigenvalue weighted by molar-refractivity contribution is 5.97. The summed E-state index contributed by atoms with van der Waals surface area (Å²) in [6, 6.07) is 9.58. The van der Waals surface area contributed by atoms with Crippen molar-refractivity contribution in [3.63, 3.8) is 0 Å². The Bertz CT molecular complexity index is 407. The van der Waals surface area contributed by atoms with Crippen LogP contribution < -0.4 is 0 Å². The van der Waals surface area contributed by atoms with Crippen molar-refractivity contribution in [3.8, 4) is 0 Å². The molecule has 0 saturated carbocycles. The minimum absolute atomic E-state index is 0.145. The maximum Gasteiger partial charge on any atom is 0.156 e. The quantitative estimate of drug-likeness (QED) is 0.598. The lowest BCUT2D eigenvalue weighted by Crippen LogP contribution is -2.17. The molecule has 0 fully saturated rings. The van der Waals surface area contributed by atoms with Crippen LogP contribution in [0.3, 0.4) is 0 Å². The van der Waals surface area contributed by atoms with E-state index in [0.29, 0.717) is 18.3 Å². The standard InChI is InChI=1S/C14H16O3/c1-11(17)14(7-8-15)13(10-16)9-12-5-3-2-4-6-12/h2-8,13,16H,9-10H2,1H3/b14-7-. The summed E-state index contributed by atoms with van der Waals surface area (Å²) >= 11 is 0. The third-order valence-electron chi connectivity index (χ3n) is 2.64. The van der Waals surface area contributed by atoms with Gasteiger partial charge in [-0.1, -0.05) is 30.3 Å². The van der Waals surface area contributed by atoms with Gasteiger partial charge in [0, 0.05) is 11.5 Å². The lowest BCUT2D eigenvalue weighted by molar-refractivity contribution is -0.114. The zero-order chi connectivity index (χ0) is 12.7. The number of Topliss-reactive ketones (excluding diaryl/α,β-unsaturated/α-hetero) is 1. The van der Waals surface area contributed by atoms with Gasteiger partial charge >= 0.3 is 0 Å². The fraction of sp³-hybridized carbons (Fsp3) is 0.286. The summed E-state index contributed by atoms with van der Waals surface area (Å²) in [6.45, 7) is 1.26. The number of hydrogen-bond donors (Lipinski definition) is 1. The molecule has 1 unspecified atom stereocenters. The Morgan fingerprint density at radius 1 is 1.35 bits per heavy atom. The van der Waals surface area contributed by atoms with Crippen molar-refractivity contribution >= 4 is 12.1 Å². The van der Waals surface area contributed by atoms with Crippen LogP contribution in [0.1, 0.15) is 12.5 Å². The second kappa shape index (κ2) is 6.76. The molecular weight excluding hydrogens is 216 g/mol. The van der Waals surface area contributed by atoms with E-state index in [1.165, 1.54) is 13.0 Å². The fourth-order valence-electron chi connectivity index (χ4n) is 1.79. The zero-order valence-electron chi connectivity index (χ0n) is 9.80. The molecule has 0 amide bonds. The van der Waals surface area contributed by atoms with E-state index < -0.39 is 0 Å². The van der Waals surface area contributed by atoms with E-state index in [9.17, 15) is 14.7 Å². The number of benzene rings is 1. The average molecular weight is 232 g/mol. The van der Waals surface area contributed by atoms with Crippen LogP contribution in [0.5, 0.6) is 0 Å². The number of aliphatic hydroxyl groups excluding tert-OH is 1. The minimum Gasteiger partial charge on any atom is -0.396 e. The molecule has 0 aliphatic heterocycles. The first-order valence-electron chi connectivity index (χ1n) is 5.50. The number of ketones is 1. The van der Waals surface area contributed by atoms with E-state index in [0.717, 1.165) is 5.56 Å². The summed E-state index contributed by atoms with van der Waals surface area (Å²) in [4.78, 5) is 21.9. The molecule has 1 atom stereocenters. The Balaban J connectivity index is 2.87. The van der Waals surface area contributed by atoms with Crippen molar-refractivity contribution in [1.82, 2.24) is 0 Å². The van der Waals surface area contributed by atoms with Crippen molar-refractivity contribution in [2.24, 2.45) is 5.92 Å². The molecule has 0 heterocycles. The molecule has 0 radical (unpaired) electrons. The maximum absolute atomic E-state index is 11.4. The van der Waals surface area contributed by atoms with Gasteiger partial charge in [-0.15, -0.1) is 0 Å². The molecule has 0 aromatic heterocycles. The summed E-state index contributed by atoms with van der Waals surface area (Å²) in [5, 5.41) is 9.32. The molecule has 3 heteroatoms. The van der Waals surface area contributed by atoms with Gasteiger partial charge in [0.05, 0.1) is 6.61 Å². The topological polar surface area (TPSA) is 54.4 Å². The molecular formula is C14H16O3. The van der Waals surface area contributed by atoms with Gasteiger partial charge < -0.3 is 5.11 Å². The van der Waals surface area contributed by atoms with Gasteiger partial charge in [0.2, 0.25) is 0 Å². The number of aliphatic hydroxyl groups is 1. The van der Waals surface area contributed by atoms with Crippen molar-refractivity contribution < 1.29 is 14.7 Å². The zero-order valence-corrected chi connectivity index (χ0v) is 9.80. The number of hydrogen-bond acceptors (Lipinski definition) is 3. The van der Waals surface area contributed by atoms with Crippen molar-refractivity contribution in [1.29, 1.82) is 0 Å². The highest BCUT2D eigenvalue weighted by atomic mass is 16.3. The highest BCUT2D eigenvalue weighted by Crippen LogP contribution is 2.17. The fourth-order valence-corrected chi connectivity index (χ4v) is 1.79. The molecule has 0 saturated heterocycles. The molecule has 1 aromatic rings. The van der Waals surface area contributed by atoms with E-state index in [1.54, 1.807) is 0 Å². The molecule has 1 aromatic carbocycles. The van der Waals surface area contributed by atoms with Crippen LogP contribution in [0.4, 0.5) is 0 Å². The first-order chi connectivity index (χ1) is 8.19. The molecule has 1 rings (SSSR count). The highest BCUT2D eigenvalue weighted by Gasteiger charge is 2.17. The molecule has 0 spiro atoms. The number of rotatable bonds is 6. The van der Waals surface area contributed by atoms with Gasteiger partial charge in [-0.25, -0.2) is 0 Å². The Labute approximate surface area is 101 Å².